The Morgan fingerprint density at radius 3 is 2.33 bits per heavy atom. The molecule has 0 aromatic heterocycles. The van der Waals surface area contributed by atoms with E-state index in [9.17, 15) is 21.6 Å². The van der Waals surface area contributed by atoms with Crippen LogP contribution >= 0.6 is 0 Å². The van der Waals surface area contributed by atoms with Gasteiger partial charge in [-0.2, -0.15) is 4.31 Å². The van der Waals surface area contributed by atoms with Crippen molar-refractivity contribution >= 4 is 10.0 Å². The van der Waals surface area contributed by atoms with Gasteiger partial charge in [0.05, 0.1) is 0 Å². The Balaban J connectivity index is 2.45. The van der Waals surface area contributed by atoms with Crippen LogP contribution in [0.15, 0.2) is 17.0 Å². The molecule has 4 nitrogen and oxygen atoms in total. The summed E-state index contributed by atoms with van der Waals surface area (Å²) in [5.41, 5.74) is 5.56. The summed E-state index contributed by atoms with van der Waals surface area (Å²) in [6, 6.07) is 0.246. The zero-order valence-corrected chi connectivity index (χ0v) is 10.1. The highest BCUT2D eigenvalue weighted by Crippen LogP contribution is 2.24. The fraction of sp³-hybridized carbons (Fsp3) is 0.400. The molecule has 1 aliphatic rings. The second-order valence-electron chi connectivity index (χ2n) is 4.11. The molecular formula is C10H11F3N2O2S. The number of nitrogens with two attached hydrogens (primary N) is 1. The van der Waals surface area contributed by atoms with Crippen LogP contribution in [0.2, 0.25) is 0 Å². The molecule has 0 bridgehead atoms. The molecule has 0 radical (unpaired) electrons. The van der Waals surface area contributed by atoms with Gasteiger partial charge in [0.15, 0.2) is 11.6 Å². The molecule has 0 unspecified atom stereocenters. The Morgan fingerprint density at radius 2 is 1.78 bits per heavy atom. The van der Waals surface area contributed by atoms with Gasteiger partial charge in [-0.3, -0.25) is 0 Å². The van der Waals surface area contributed by atoms with Gasteiger partial charge in [0.2, 0.25) is 10.0 Å². The lowest BCUT2D eigenvalue weighted by atomic mass is 10.3. The number of nitrogens with zero attached hydrogens (tertiary/aromatic N) is 1. The summed E-state index contributed by atoms with van der Waals surface area (Å²) in [4.78, 5) is -0.865. The quantitative estimate of drug-likeness (QED) is 0.816. The molecule has 1 saturated heterocycles. The molecule has 2 N–H and O–H groups in total. The van der Waals surface area contributed by atoms with Gasteiger partial charge in [0, 0.05) is 25.2 Å². The van der Waals surface area contributed by atoms with Gasteiger partial charge in [-0.05, 0) is 12.5 Å². The van der Waals surface area contributed by atoms with Crippen LogP contribution in [0.1, 0.15) is 6.42 Å². The summed E-state index contributed by atoms with van der Waals surface area (Å²) in [6.45, 7) is 0.183. The molecule has 0 saturated carbocycles. The highest BCUT2D eigenvalue weighted by atomic mass is 32.2. The van der Waals surface area contributed by atoms with E-state index in [-0.39, 0.29) is 25.2 Å². The summed E-state index contributed by atoms with van der Waals surface area (Å²) >= 11 is 0. The van der Waals surface area contributed by atoms with E-state index in [1.54, 1.807) is 0 Å². The number of hydrogen-bond acceptors (Lipinski definition) is 3. The molecular weight excluding hydrogens is 269 g/mol. The van der Waals surface area contributed by atoms with Crippen molar-refractivity contribution < 1.29 is 21.6 Å². The lowest BCUT2D eigenvalue weighted by Crippen LogP contribution is -2.32. The van der Waals surface area contributed by atoms with Gasteiger partial charge in [-0.15, -0.1) is 0 Å². The largest absolute Gasteiger partial charge is 0.326 e. The van der Waals surface area contributed by atoms with Crippen LogP contribution in [0, 0.1) is 17.5 Å². The number of sulfonamides is 1. The number of rotatable bonds is 2. The molecule has 1 heterocycles. The minimum absolute atomic E-state index is 0.0424. The average molecular weight is 280 g/mol. The first kappa shape index (κ1) is 13.3. The van der Waals surface area contributed by atoms with E-state index in [0.717, 1.165) is 4.31 Å². The normalized spacial score (nSPS) is 21.4. The van der Waals surface area contributed by atoms with Crippen molar-refractivity contribution in [2.24, 2.45) is 5.73 Å². The molecule has 0 spiro atoms. The minimum Gasteiger partial charge on any atom is -0.326 e. The van der Waals surface area contributed by atoms with Gasteiger partial charge in [-0.1, -0.05) is 0 Å². The Kier molecular flexibility index (Phi) is 3.35. The monoisotopic (exact) mass is 280 g/mol. The van der Waals surface area contributed by atoms with Crippen LogP contribution in [-0.2, 0) is 10.0 Å². The third-order valence-corrected chi connectivity index (χ3v) is 4.66. The summed E-state index contributed by atoms with van der Waals surface area (Å²) in [5.74, 6) is -4.14. The standard InChI is InChI=1S/C10H11F3N2O2S/c11-7-3-9(13)10(4-8(7)12)18(16,17)15-2-1-6(14)5-15/h3-4,6H,1-2,5,14H2/t6-/m1/s1. The molecule has 2 rings (SSSR count). The molecule has 18 heavy (non-hydrogen) atoms. The smallest absolute Gasteiger partial charge is 0.246 e. The molecule has 1 aromatic carbocycles. The molecule has 1 aliphatic heterocycles. The Morgan fingerprint density at radius 1 is 1.17 bits per heavy atom. The molecule has 0 aliphatic carbocycles. The topological polar surface area (TPSA) is 63.4 Å². The maximum atomic E-state index is 13.4. The predicted molar refractivity (Wildman–Crippen MR) is 57.7 cm³/mol. The summed E-state index contributed by atoms with van der Waals surface area (Å²) in [6.07, 6.45) is 0.449. The van der Waals surface area contributed by atoms with E-state index in [1.165, 1.54) is 0 Å². The van der Waals surface area contributed by atoms with Gasteiger partial charge in [0.25, 0.3) is 0 Å². The fourth-order valence-corrected chi connectivity index (χ4v) is 3.38. The zero-order valence-electron chi connectivity index (χ0n) is 9.24. The van der Waals surface area contributed by atoms with E-state index in [2.05, 4.69) is 0 Å². The predicted octanol–water partition coefficient (Wildman–Crippen LogP) is 0.826. The number of hydrogen-bond donors (Lipinski definition) is 1. The second-order valence-corrected chi connectivity index (χ2v) is 6.01. The van der Waals surface area contributed by atoms with E-state index in [1.807, 2.05) is 0 Å². The first-order valence-corrected chi connectivity index (χ1v) is 6.66. The lowest BCUT2D eigenvalue weighted by molar-refractivity contribution is 0.454. The van der Waals surface area contributed by atoms with Crippen LogP contribution < -0.4 is 5.73 Å². The summed E-state index contributed by atoms with van der Waals surface area (Å²) in [7, 11) is -4.17. The molecule has 1 fully saturated rings. The maximum Gasteiger partial charge on any atom is 0.246 e. The molecule has 1 atom stereocenters. The van der Waals surface area contributed by atoms with E-state index < -0.39 is 32.4 Å². The van der Waals surface area contributed by atoms with Crippen molar-refractivity contribution in [2.45, 2.75) is 17.4 Å². The van der Waals surface area contributed by atoms with Crippen LogP contribution in [0.25, 0.3) is 0 Å². The van der Waals surface area contributed by atoms with E-state index in [0.29, 0.717) is 12.5 Å². The Bertz CT molecular complexity index is 577. The first-order chi connectivity index (χ1) is 8.32. The van der Waals surface area contributed by atoms with Crippen molar-refractivity contribution in [3.8, 4) is 0 Å². The van der Waals surface area contributed by atoms with Crippen LogP contribution in [0.4, 0.5) is 13.2 Å². The average Bonchev–Trinajstić information content (AvgIpc) is 2.70. The highest BCUT2D eigenvalue weighted by molar-refractivity contribution is 7.89. The highest BCUT2D eigenvalue weighted by Gasteiger charge is 2.33. The van der Waals surface area contributed by atoms with Crippen molar-refractivity contribution in [1.82, 2.24) is 4.31 Å². The van der Waals surface area contributed by atoms with Gasteiger partial charge >= 0.3 is 0 Å². The summed E-state index contributed by atoms with van der Waals surface area (Å²) in [5, 5.41) is 0. The van der Waals surface area contributed by atoms with Crippen molar-refractivity contribution in [2.75, 3.05) is 13.1 Å². The Labute approximate surface area is 102 Å². The van der Waals surface area contributed by atoms with Crippen LogP contribution in [0.5, 0.6) is 0 Å². The SMILES string of the molecule is N[C@@H]1CCN(S(=O)(=O)c2cc(F)c(F)cc2F)C1. The molecule has 0 amide bonds. The van der Waals surface area contributed by atoms with Crippen LogP contribution in [0.3, 0.4) is 0 Å². The minimum atomic E-state index is -4.17. The lowest BCUT2D eigenvalue weighted by Gasteiger charge is -2.16. The van der Waals surface area contributed by atoms with Crippen molar-refractivity contribution in [3.05, 3.63) is 29.6 Å². The second kappa shape index (κ2) is 4.52. The van der Waals surface area contributed by atoms with Gasteiger partial charge in [0.1, 0.15) is 10.7 Å². The number of halogens is 3. The zero-order chi connectivity index (χ0) is 13.5. The maximum absolute atomic E-state index is 13.4. The van der Waals surface area contributed by atoms with E-state index >= 15 is 0 Å². The van der Waals surface area contributed by atoms with E-state index in [4.69, 9.17) is 5.73 Å². The Hall–Kier alpha value is -1.12. The van der Waals surface area contributed by atoms with Crippen molar-refractivity contribution in [1.29, 1.82) is 0 Å². The third-order valence-electron chi connectivity index (χ3n) is 2.78. The number of benzene rings is 1. The van der Waals surface area contributed by atoms with Gasteiger partial charge in [-0.25, -0.2) is 21.6 Å². The molecule has 8 heteroatoms. The molecule has 100 valence electrons. The fourth-order valence-electron chi connectivity index (χ4n) is 1.81. The van der Waals surface area contributed by atoms with Crippen molar-refractivity contribution in [3.63, 3.8) is 0 Å². The third kappa shape index (κ3) is 2.23. The van der Waals surface area contributed by atoms with Crippen LogP contribution in [-0.4, -0.2) is 31.9 Å². The first-order valence-electron chi connectivity index (χ1n) is 5.22. The summed E-state index contributed by atoms with van der Waals surface area (Å²) < 4.78 is 64.2. The van der Waals surface area contributed by atoms with Gasteiger partial charge < -0.3 is 5.73 Å². The molecule has 1 aromatic rings.